The number of hydrazine groups is 1. The number of rotatable bonds is 5. The average Bonchev–Trinajstić information content (AvgIpc) is 2.37. The summed E-state index contributed by atoms with van der Waals surface area (Å²) in [6.07, 6.45) is 0.635. The van der Waals surface area contributed by atoms with Crippen molar-refractivity contribution < 1.29 is 14.1 Å². The van der Waals surface area contributed by atoms with E-state index in [0.29, 0.717) is 12.5 Å². The fraction of sp³-hybridized carbons (Fsp3) is 0.417. The van der Waals surface area contributed by atoms with Crippen LogP contribution >= 0.6 is 0 Å². The van der Waals surface area contributed by atoms with Crippen LogP contribution in [0.15, 0.2) is 12.1 Å². The molecule has 20 heavy (non-hydrogen) atoms. The van der Waals surface area contributed by atoms with Crippen molar-refractivity contribution in [3.8, 4) is 0 Å². The van der Waals surface area contributed by atoms with Crippen LogP contribution < -0.4 is 16.6 Å². The summed E-state index contributed by atoms with van der Waals surface area (Å²) >= 11 is 0. The quantitative estimate of drug-likeness (QED) is 0.435. The van der Waals surface area contributed by atoms with Gasteiger partial charge in [-0.25, -0.2) is 4.39 Å². The predicted molar refractivity (Wildman–Crippen MR) is 72.7 cm³/mol. The molecule has 0 radical (unpaired) electrons. The Morgan fingerprint density at radius 3 is 2.55 bits per heavy atom. The fourth-order valence-corrected chi connectivity index (χ4v) is 1.47. The number of nitrogens with two attached hydrogens (primary N) is 1. The number of carbonyl (C=O) groups is 1. The Morgan fingerprint density at radius 1 is 1.50 bits per heavy atom. The number of hydrogen-bond acceptors (Lipinski definition) is 5. The second-order valence-corrected chi connectivity index (χ2v) is 4.94. The van der Waals surface area contributed by atoms with Crippen LogP contribution in [0.2, 0.25) is 0 Å². The molecule has 8 heteroatoms. The summed E-state index contributed by atoms with van der Waals surface area (Å²) in [5.41, 5.74) is 0.488. The van der Waals surface area contributed by atoms with Crippen LogP contribution in [0.5, 0.6) is 0 Å². The molecular formula is C12H17FN4O3. The maximum atomic E-state index is 13.5. The van der Waals surface area contributed by atoms with Crippen LogP contribution in [0.3, 0.4) is 0 Å². The number of hydrogen-bond donors (Lipinski definition) is 3. The Kier molecular flexibility index (Phi) is 4.61. The molecule has 0 saturated heterocycles. The molecule has 0 saturated carbocycles. The second-order valence-electron chi connectivity index (χ2n) is 4.94. The van der Waals surface area contributed by atoms with E-state index in [1.54, 1.807) is 13.8 Å². The molecule has 0 heterocycles. The molecule has 0 unspecified atom stereocenters. The largest absolute Gasteiger partial charge is 0.347 e. The Balaban J connectivity index is 3.28. The molecule has 0 aliphatic rings. The Hall–Kier alpha value is -2.22. The Bertz CT molecular complexity index is 546. The van der Waals surface area contributed by atoms with Crippen molar-refractivity contribution in [2.75, 3.05) is 5.43 Å². The van der Waals surface area contributed by atoms with Crippen LogP contribution in [0.25, 0.3) is 0 Å². The summed E-state index contributed by atoms with van der Waals surface area (Å²) in [6.45, 7) is 5.43. The molecule has 0 fully saturated rings. The lowest BCUT2D eigenvalue weighted by Crippen LogP contribution is -2.43. The number of nitrogens with zero attached hydrogens (tertiary/aromatic N) is 1. The van der Waals surface area contributed by atoms with Gasteiger partial charge in [-0.05, 0) is 26.3 Å². The van der Waals surface area contributed by atoms with Gasteiger partial charge in [0, 0.05) is 5.54 Å². The lowest BCUT2D eigenvalue weighted by Gasteiger charge is -2.24. The van der Waals surface area contributed by atoms with Crippen LogP contribution in [0.4, 0.5) is 15.8 Å². The first-order valence-electron chi connectivity index (χ1n) is 5.99. The third kappa shape index (κ3) is 3.41. The molecule has 1 aromatic carbocycles. The smallest absolute Gasteiger partial charge is 0.285 e. The number of carbonyl (C=O) groups excluding carboxylic acids is 1. The SMILES string of the molecule is CCC(C)(C)NC(=O)c1cc(NN)c(F)cc1[N+](=O)[O-]. The van der Waals surface area contributed by atoms with Gasteiger partial charge < -0.3 is 10.7 Å². The van der Waals surface area contributed by atoms with E-state index in [-0.39, 0.29) is 11.3 Å². The van der Waals surface area contributed by atoms with Gasteiger partial charge >= 0.3 is 0 Å². The van der Waals surface area contributed by atoms with Crippen LogP contribution in [0.1, 0.15) is 37.6 Å². The maximum Gasteiger partial charge on any atom is 0.285 e. The first-order valence-corrected chi connectivity index (χ1v) is 5.99. The van der Waals surface area contributed by atoms with Crippen molar-refractivity contribution in [2.45, 2.75) is 32.7 Å². The number of benzene rings is 1. The minimum Gasteiger partial charge on any atom is -0.347 e. The van der Waals surface area contributed by atoms with E-state index < -0.39 is 27.9 Å². The van der Waals surface area contributed by atoms with E-state index >= 15 is 0 Å². The zero-order chi connectivity index (χ0) is 15.5. The van der Waals surface area contributed by atoms with Gasteiger partial charge in [-0.2, -0.15) is 0 Å². The number of halogens is 1. The third-order valence-corrected chi connectivity index (χ3v) is 3.02. The highest BCUT2D eigenvalue weighted by molar-refractivity contribution is 5.99. The minimum absolute atomic E-state index is 0.185. The Morgan fingerprint density at radius 2 is 2.10 bits per heavy atom. The van der Waals surface area contributed by atoms with Crippen molar-refractivity contribution in [3.63, 3.8) is 0 Å². The standard InChI is InChI=1S/C12H17FN4O3/c1-4-12(2,3)15-11(18)7-5-9(16-14)8(13)6-10(7)17(19)20/h5-6,16H,4,14H2,1-3H3,(H,15,18). The van der Waals surface area contributed by atoms with Gasteiger partial charge in [-0.1, -0.05) is 6.92 Å². The second kappa shape index (κ2) is 5.83. The summed E-state index contributed by atoms with van der Waals surface area (Å²) in [7, 11) is 0. The summed E-state index contributed by atoms with van der Waals surface area (Å²) in [5.74, 6) is 3.56. The highest BCUT2D eigenvalue weighted by Crippen LogP contribution is 2.26. The number of nitrogen functional groups attached to an aromatic ring is 1. The molecule has 110 valence electrons. The molecule has 0 aliphatic heterocycles. The van der Waals surface area contributed by atoms with Gasteiger partial charge in [0.1, 0.15) is 5.56 Å². The summed E-state index contributed by atoms with van der Waals surface area (Å²) in [4.78, 5) is 22.2. The highest BCUT2D eigenvalue weighted by atomic mass is 19.1. The van der Waals surface area contributed by atoms with Crippen molar-refractivity contribution in [1.29, 1.82) is 0 Å². The topological polar surface area (TPSA) is 110 Å². The molecule has 0 atom stereocenters. The fourth-order valence-electron chi connectivity index (χ4n) is 1.47. The van der Waals surface area contributed by atoms with E-state index in [9.17, 15) is 19.3 Å². The molecule has 0 aromatic heterocycles. The van der Waals surface area contributed by atoms with E-state index in [1.807, 2.05) is 6.92 Å². The van der Waals surface area contributed by atoms with Gasteiger partial charge in [-0.3, -0.25) is 20.8 Å². The van der Waals surface area contributed by atoms with E-state index in [1.165, 1.54) is 0 Å². The van der Waals surface area contributed by atoms with Gasteiger partial charge in [0.15, 0.2) is 5.82 Å². The zero-order valence-corrected chi connectivity index (χ0v) is 11.5. The Labute approximate surface area is 115 Å². The minimum atomic E-state index is -0.898. The van der Waals surface area contributed by atoms with Crippen LogP contribution in [-0.2, 0) is 0 Å². The number of nitro benzene ring substituents is 1. The monoisotopic (exact) mass is 284 g/mol. The molecule has 1 aromatic rings. The molecule has 1 rings (SSSR count). The van der Waals surface area contributed by atoms with Crippen molar-refractivity contribution in [3.05, 3.63) is 33.6 Å². The van der Waals surface area contributed by atoms with Gasteiger partial charge in [-0.15, -0.1) is 0 Å². The van der Waals surface area contributed by atoms with Crippen molar-refractivity contribution in [1.82, 2.24) is 5.32 Å². The highest BCUT2D eigenvalue weighted by Gasteiger charge is 2.27. The lowest BCUT2D eigenvalue weighted by molar-refractivity contribution is -0.385. The summed E-state index contributed by atoms with van der Waals surface area (Å²) in [6, 6.07) is 1.69. The lowest BCUT2D eigenvalue weighted by atomic mass is 10.0. The summed E-state index contributed by atoms with van der Waals surface area (Å²) < 4.78 is 13.5. The molecule has 0 bridgehead atoms. The molecule has 0 aliphatic carbocycles. The van der Waals surface area contributed by atoms with Crippen molar-refractivity contribution >= 4 is 17.3 Å². The van der Waals surface area contributed by atoms with Gasteiger partial charge in [0.05, 0.1) is 16.7 Å². The third-order valence-electron chi connectivity index (χ3n) is 3.02. The van der Waals surface area contributed by atoms with Gasteiger partial charge in [0.25, 0.3) is 11.6 Å². The maximum absolute atomic E-state index is 13.5. The van der Waals surface area contributed by atoms with E-state index in [0.717, 1.165) is 6.07 Å². The number of amides is 1. The van der Waals surface area contributed by atoms with Crippen molar-refractivity contribution in [2.24, 2.45) is 5.84 Å². The number of nitro groups is 1. The van der Waals surface area contributed by atoms with Crippen LogP contribution in [-0.4, -0.2) is 16.4 Å². The molecular weight excluding hydrogens is 267 g/mol. The molecule has 4 N–H and O–H groups in total. The number of nitrogens with one attached hydrogen (secondary N) is 2. The van der Waals surface area contributed by atoms with Crippen LogP contribution in [0, 0.1) is 15.9 Å². The molecule has 0 spiro atoms. The summed E-state index contributed by atoms with van der Waals surface area (Å²) in [5, 5.41) is 13.6. The van der Waals surface area contributed by atoms with E-state index in [4.69, 9.17) is 5.84 Å². The molecule has 7 nitrogen and oxygen atoms in total. The predicted octanol–water partition coefficient (Wildman–Crippen LogP) is 1.94. The van der Waals surface area contributed by atoms with Gasteiger partial charge in [0.2, 0.25) is 0 Å². The first kappa shape index (κ1) is 15.8. The average molecular weight is 284 g/mol. The first-order chi connectivity index (χ1) is 9.21. The van der Waals surface area contributed by atoms with E-state index in [2.05, 4.69) is 10.7 Å². The zero-order valence-electron chi connectivity index (χ0n) is 11.5. The normalized spacial score (nSPS) is 11.1. The molecule has 1 amide bonds. The number of anilines is 1.